The SMILES string of the molecule is Clc1ccc(C2=Nn3c(nnc3-c3ccc(Cl)cc3Cl)SC2)cc1. The Morgan fingerprint density at radius 3 is 2.42 bits per heavy atom. The van der Waals surface area contributed by atoms with Gasteiger partial charge >= 0.3 is 0 Å². The quantitative estimate of drug-likeness (QED) is 0.594. The molecule has 2 aromatic carbocycles. The van der Waals surface area contributed by atoms with Gasteiger partial charge in [-0.1, -0.05) is 58.7 Å². The third kappa shape index (κ3) is 2.93. The van der Waals surface area contributed by atoms with Gasteiger partial charge in [0.1, 0.15) is 0 Å². The topological polar surface area (TPSA) is 43.1 Å². The zero-order valence-corrected chi connectivity index (χ0v) is 15.2. The lowest BCUT2D eigenvalue weighted by atomic mass is 10.1. The number of aromatic nitrogens is 3. The first-order valence-electron chi connectivity index (χ1n) is 6.99. The molecule has 0 atom stereocenters. The van der Waals surface area contributed by atoms with Crippen LogP contribution in [0.3, 0.4) is 0 Å². The van der Waals surface area contributed by atoms with Crippen LogP contribution in [0.2, 0.25) is 15.1 Å². The molecule has 4 nitrogen and oxygen atoms in total. The highest BCUT2D eigenvalue weighted by Crippen LogP contribution is 2.33. The first-order chi connectivity index (χ1) is 11.6. The minimum Gasteiger partial charge on any atom is -0.186 e. The number of fused-ring (bicyclic) bond motifs is 1. The lowest BCUT2D eigenvalue weighted by Gasteiger charge is -2.14. The first kappa shape index (κ1) is 16.0. The van der Waals surface area contributed by atoms with Gasteiger partial charge in [0.2, 0.25) is 5.16 Å². The Balaban J connectivity index is 1.80. The minimum atomic E-state index is 0.511. The van der Waals surface area contributed by atoms with Crippen LogP contribution >= 0.6 is 46.6 Å². The fraction of sp³-hybridized carbons (Fsp3) is 0.0625. The molecule has 0 fully saturated rings. The Hall–Kier alpha value is -1.53. The van der Waals surface area contributed by atoms with Crippen molar-refractivity contribution in [2.75, 3.05) is 5.75 Å². The highest BCUT2D eigenvalue weighted by molar-refractivity contribution is 7.99. The van der Waals surface area contributed by atoms with E-state index in [1.165, 1.54) is 0 Å². The summed E-state index contributed by atoms with van der Waals surface area (Å²) in [5, 5.41) is 15.6. The fourth-order valence-electron chi connectivity index (χ4n) is 2.35. The van der Waals surface area contributed by atoms with Crippen LogP contribution in [-0.2, 0) is 0 Å². The predicted octanol–water partition coefficient (Wildman–Crippen LogP) is 5.26. The number of hydrogen-bond acceptors (Lipinski definition) is 4. The first-order valence-corrected chi connectivity index (χ1v) is 9.11. The third-order valence-corrected chi connectivity index (χ3v) is 5.25. The largest absolute Gasteiger partial charge is 0.212 e. The molecular formula is C16H9Cl3N4S. The Morgan fingerprint density at radius 1 is 0.917 bits per heavy atom. The summed E-state index contributed by atoms with van der Waals surface area (Å²) in [7, 11) is 0. The summed E-state index contributed by atoms with van der Waals surface area (Å²) in [5.74, 6) is 1.30. The molecule has 24 heavy (non-hydrogen) atoms. The van der Waals surface area contributed by atoms with Crippen molar-refractivity contribution < 1.29 is 0 Å². The average Bonchev–Trinajstić information content (AvgIpc) is 2.98. The monoisotopic (exact) mass is 394 g/mol. The van der Waals surface area contributed by atoms with E-state index in [4.69, 9.17) is 39.9 Å². The van der Waals surface area contributed by atoms with Crippen LogP contribution in [0.4, 0.5) is 0 Å². The maximum Gasteiger partial charge on any atom is 0.212 e. The van der Waals surface area contributed by atoms with Gasteiger partial charge in [-0.05, 0) is 35.9 Å². The molecule has 0 radical (unpaired) electrons. The number of rotatable bonds is 2. The molecule has 1 aliphatic heterocycles. The highest BCUT2D eigenvalue weighted by Gasteiger charge is 2.22. The highest BCUT2D eigenvalue weighted by atomic mass is 35.5. The molecule has 4 rings (SSSR count). The van der Waals surface area contributed by atoms with E-state index in [1.54, 1.807) is 28.6 Å². The van der Waals surface area contributed by atoms with Crippen molar-refractivity contribution in [2.45, 2.75) is 5.16 Å². The smallest absolute Gasteiger partial charge is 0.186 e. The van der Waals surface area contributed by atoms with Crippen molar-refractivity contribution in [2.24, 2.45) is 5.10 Å². The molecule has 0 saturated heterocycles. The normalized spacial score (nSPS) is 13.5. The van der Waals surface area contributed by atoms with Crippen LogP contribution in [0.25, 0.3) is 11.4 Å². The van der Waals surface area contributed by atoms with Gasteiger partial charge in [0, 0.05) is 21.4 Å². The summed E-state index contributed by atoms with van der Waals surface area (Å²) in [5.41, 5.74) is 2.68. The summed E-state index contributed by atoms with van der Waals surface area (Å²) in [4.78, 5) is 0. The summed E-state index contributed by atoms with van der Waals surface area (Å²) in [6.07, 6.45) is 0. The van der Waals surface area contributed by atoms with Gasteiger partial charge in [-0.3, -0.25) is 0 Å². The summed E-state index contributed by atoms with van der Waals surface area (Å²) in [6, 6.07) is 12.9. The summed E-state index contributed by atoms with van der Waals surface area (Å²) < 4.78 is 1.72. The second-order valence-electron chi connectivity index (χ2n) is 5.08. The lowest BCUT2D eigenvalue weighted by molar-refractivity contribution is 0.762. The van der Waals surface area contributed by atoms with E-state index in [9.17, 15) is 0 Å². The van der Waals surface area contributed by atoms with Crippen molar-refractivity contribution in [3.05, 3.63) is 63.1 Å². The molecule has 3 aromatic rings. The molecule has 2 heterocycles. The van der Waals surface area contributed by atoms with E-state index in [0.717, 1.165) is 22.0 Å². The molecule has 0 N–H and O–H groups in total. The van der Waals surface area contributed by atoms with Gasteiger partial charge in [-0.15, -0.1) is 10.2 Å². The zero-order chi connectivity index (χ0) is 16.7. The molecule has 0 aliphatic carbocycles. The number of benzene rings is 2. The summed E-state index contributed by atoms with van der Waals surface area (Å²) in [6.45, 7) is 0. The summed E-state index contributed by atoms with van der Waals surface area (Å²) >= 11 is 19.8. The van der Waals surface area contributed by atoms with E-state index in [0.29, 0.717) is 26.6 Å². The van der Waals surface area contributed by atoms with Crippen LogP contribution in [0.1, 0.15) is 5.56 Å². The van der Waals surface area contributed by atoms with Crippen LogP contribution < -0.4 is 0 Å². The number of hydrogen-bond donors (Lipinski definition) is 0. The van der Waals surface area contributed by atoms with Gasteiger partial charge in [0.15, 0.2) is 5.82 Å². The van der Waals surface area contributed by atoms with Crippen molar-refractivity contribution in [3.63, 3.8) is 0 Å². The van der Waals surface area contributed by atoms with Crippen LogP contribution in [-0.4, -0.2) is 26.3 Å². The van der Waals surface area contributed by atoms with Gasteiger partial charge in [0.05, 0.1) is 10.7 Å². The maximum atomic E-state index is 6.30. The zero-order valence-electron chi connectivity index (χ0n) is 12.1. The van der Waals surface area contributed by atoms with Crippen molar-refractivity contribution in [3.8, 4) is 11.4 Å². The second-order valence-corrected chi connectivity index (χ2v) is 7.31. The van der Waals surface area contributed by atoms with Crippen molar-refractivity contribution in [1.29, 1.82) is 0 Å². The maximum absolute atomic E-state index is 6.30. The van der Waals surface area contributed by atoms with Gasteiger partial charge in [-0.2, -0.15) is 9.78 Å². The molecule has 1 aromatic heterocycles. The standard InChI is InChI=1S/C16H9Cl3N4S/c17-10-3-1-9(2-4-10)14-8-24-16-21-20-15(23(16)22-14)12-6-5-11(18)7-13(12)19/h1-7H,8H2. The molecule has 8 heteroatoms. The van der Waals surface area contributed by atoms with Crippen LogP contribution in [0.5, 0.6) is 0 Å². The molecule has 0 bridgehead atoms. The lowest BCUT2D eigenvalue weighted by Crippen LogP contribution is -2.13. The van der Waals surface area contributed by atoms with Gasteiger partial charge < -0.3 is 0 Å². The van der Waals surface area contributed by atoms with E-state index in [2.05, 4.69) is 10.2 Å². The van der Waals surface area contributed by atoms with Gasteiger partial charge in [0.25, 0.3) is 0 Å². The molecule has 0 unspecified atom stereocenters. The Kier molecular flexibility index (Phi) is 4.26. The average molecular weight is 396 g/mol. The molecule has 0 saturated carbocycles. The fourth-order valence-corrected chi connectivity index (χ4v) is 3.81. The molecular weight excluding hydrogens is 387 g/mol. The van der Waals surface area contributed by atoms with Crippen molar-refractivity contribution in [1.82, 2.24) is 14.9 Å². The minimum absolute atomic E-state index is 0.511. The second kappa shape index (κ2) is 6.41. The van der Waals surface area contributed by atoms with Crippen molar-refractivity contribution >= 4 is 52.3 Å². The Labute approximate surface area is 157 Å². The van der Waals surface area contributed by atoms with Gasteiger partial charge in [-0.25, -0.2) is 0 Å². The van der Waals surface area contributed by atoms with E-state index in [1.807, 2.05) is 30.3 Å². The van der Waals surface area contributed by atoms with E-state index >= 15 is 0 Å². The van der Waals surface area contributed by atoms with E-state index < -0.39 is 0 Å². The Bertz CT molecular complexity index is 950. The Morgan fingerprint density at radius 2 is 1.67 bits per heavy atom. The molecule has 1 aliphatic rings. The van der Waals surface area contributed by atoms with E-state index in [-0.39, 0.29) is 0 Å². The molecule has 120 valence electrons. The number of nitrogens with zero attached hydrogens (tertiary/aromatic N) is 4. The van der Waals surface area contributed by atoms with Crippen LogP contribution in [0, 0.1) is 0 Å². The number of halogens is 3. The third-order valence-electron chi connectivity index (χ3n) is 3.52. The van der Waals surface area contributed by atoms with Crippen LogP contribution in [0.15, 0.2) is 52.7 Å². The molecule has 0 amide bonds. The number of thioether (sulfide) groups is 1. The predicted molar refractivity (Wildman–Crippen MR) is 99.6 cm³/mol. The molecule has 0 spiro atoms.